The number of carbonyl (C=O) groups is 2. The first-order chi connectivity index (χ1) is 9.52. The molecule has 0 saturated carbocycles. The van der Waals surface area contributed by atoms with Crippen LogP contribution >= 0.6 is 0 Å². The Bertz CT molecular complexity index is 442. The number of anilines is 1. The van der Waals surface area contributed by atoms with Crippen LogP contribution in [0.2, 0.25) is 0 Å². The Morgan fingerprint density at radius 2 is 1.95 bits per heavy atom. The van der Waals surface area contributed by atoms with Crippen molar-refractivity contribution < 1.29 is 19.4 Å². The summed E-state index contributed by atoms with van der Waals surface area (Å²) in [6, 6.07) is 7.04. The largest absolute Gasteiger partial charge is 0.481 e. The van der Waals surface area contributed by atoms with Crippen molar-refractivity contribution in [2.75, 3.05) is 11.9 Å². The molecule has 5 nitrogen and oxygen atoms in total. The normalized spacial score (nSPS) is 11.7. The van der Waals surface area contributed by atoms with Gasteiger partial charge in [0.2, 0.25) is 0 Å². The van der Waals surface area contributed by atoms with Gasteiger partial charge in [-0.15, -0.1) is 0 Å². The molecule has 110 valence electrons. The summed E-state index contributed by atoms with van der Waals surface area (Å²) in [6.45, 7) is 4.29. The number of hydrogen-bond acceptors (Lipinski definition) is 4. The van der Waals surface area contributed by atoms with Gasteiger partial charge in [0.05, 0.1) is 12.2 Å². The number of aliphatic carboxylic acids is 1. The van der Waals surface area contributed by atoms with Crippen LogP contribution in [0.3, 0.4) is 0 Å². The zero-order valence-electron chi connectivity index (χ0n) is 11.9. The molecule has 2 N–H and O–H groups in total. The van der Waals surface area contributed by atoms with Crippen molar-refractivity contribution >= 4 is 17.6 Å². The van der Waals surface area contributed by atoms with Gasteiger partial charge in [-0.2, -0.15) is 0 Å². The minimum atomic E-state index is -0.798. The van der Waals surface area contributed by atoms with E-state index in [1.165, 1.54) is 0 Å². The van der Waals surface area contributed by atoms with Crippen LogP contribution < -0.4 is 5.32 Å². The standard InChI is InChI=1S/C15H21NO4/c1-3-10-20-15(19)12-5-7-13(8-6-12)16-11(2)4-9-14(17)18/h5-8,11,16H,3-4,9-10H2,1-2H3,(H,17,18). The van der Waals surface area contributed by atoms with Crippen LogP contribution in [0.15, 0.2) is 24.3 Å². The summed E-state index contributed by atoms with van der Waals surface area (Å²) in [5.74, 6) is -1.12. The molecule has 1 aromatic carbocycles. The summed E-state index contributed by atoms with van der Waals surface area (Å²) in [7, 11) is 0. The van der Waals surface area contributed by atoms with Crippen LogP contribution in [-0.4, -0.2) is 29.7 Å². The average Bonchev–Trinajstić information content (AvgIpc) is 2.43. The van der Waals surface area contributed by atoms with E-state index in [1.54, 1.807) is 24.3 Å². The van der Waals surface area contributed by atoms with Crippen LogP contribution in [0.5, 0.6) is 0 Å². The van der Waals surface area contributed by atoms with Gasteiger partial charge in [-0.1, -0.05) is 6.92 Å². The molecule has 0 radical (unpaired) electrons. The van der Waals surface area contributed by atoms with Gasteiger partial charge in [-0.3, -0.25) is 4.79 Å². The first-order valence-electron chi connectivity index (χ1n) is 6.78. The molecule has 0 fully saturated rings. The van der Waals surface area contributed by atoms with Crippen molar-refractivity contribution in [3.8, 4) is 0 Å². The van der Waals surface area contributed by atoms with Gasteiger partial charge >= 0.3 is 11.9 Å². The van der Waals surface area contributed by atoms with Crippen molar-refractivity contribution in [2.45, 2.75) is 39.2 Å². The highest BCUT2D eigenvalue weighted by molar-refractivity contribution is 5.89. The molecule has 1 rings (SSSR count). The molecule has 1 atom stereocenters. The lowest BCUT2D eigenvalue weighted by atomic mass is 10.1. The third-order valence-corrected chi connectivity index (χ3v) is 2.76. The Labute approximate surface area is 118 Å². The highest BCUT2D eigenvalue weighted by Gasteiger charge is 2.08. The first kappa shape index (κ1) is 16.0. The second kappa shape index (κ2) is 8.19. The zero-order valence-corrected chi connectivity index (χ0v) is 11.9. The van der Waals surface area contributed by atoms with E-state index in [2.05, 4.69) is 5.32 Å². The Kier molecular flexibility index (Phi) is 6.56. The molecule has 0 aliphatic carbocycles. The number of nitrogens with one attached hydrogen (secondary N) is 1. The number of carbonyl (C=O) groups excluding carboxylic acids is 1. The van der Waals surface area contributed by atoms with E-state index in [9.17, 15) is 9.59 Å². The van der Waals surface area contributed by atoms with Gasteiger partial charge in [0.1, 0.15) is 0 Å². The Morgan fingerprint density at radius 3 is 2.50 bits per heavy atom. The third kappa shape index (κ3) is 5.73. The van der Waals surface area contributed by atoms with Crippen LogP contribution in [0.25, 0.3) is 0 Å². The zero-order chi connectivity index (χ0) is 15.0. The van der Waals surface area contributed by atoms with Crippen molar-refractivity contribution in [2.24, 2.45) is 0 Å². The highest BCUT2D eigenvalue weighted by atomic mass is 16.5. The predicted molar refractivity (Wildman–Crippen MR) is 77.0 cm³/mol. The molecule has 0 amide bonds. The molecular formula is C15H21NO4. The van der Waals surface area contributed by atoms with E-state index in [-0.39, 0.29) is 18.4 Å². The van der Waals surface area contributed by atoms with E-state index >= 15 is 0 Å². The predicted octanol–water partition coefficient (Wildman–Crippen LogP) is 2.92. The number of benzene rings is 1. The molecular weight excluding hydrogens is 258 g/mol. The molecule has 1 aromatic rings. The molecule has 1 unspecified atom stereocenters. The highest BCUT2D eigenvalue weighted by Crippen LogP contribution is 2.13. The van der Waals surface area contributed by atoms with Crippen molar-refractivity contribution in [1.82, 2.24) is 0 Å². The van der Waals surface area contributed by atoms with E-state index < -0.39 is 5.97 Å². The van der Waals surface area contributed by atoms with Gasteiger partial charge in [0.15, 0.2) is 0 Å². The van der Waals surface area contributed by atoms with Gasteiger partial charge in [0.25, 0.3) is 0 Å². The minimum Gasteiger partial charge on any atom is -0.481 e. The summed E-state index contributed by atoms with van der Waals surface area (Å²) < 4.78 is 5.04. The lowest BCUT2D eigenvalue weighted by Crippen LogP contribution is -2.16. The summed E-state index contributed by atoms with van der Waals surface area (Å²) in [5.41, 5.74) is 1.37. The second-order valence-corrected chi connectivity index (χ2v) is 4.69. The van der Waals surface area contributed by atoms with Gasteiger partial charge < -0.3 is 15.2 Å². The summed E-state index contributed by atoms with van der Waals surface area (Å²) in [5, 5.41) is 11.8. The maximum atomic E-state index is 11.6. The molecule has 0 aromatic heterocycles. The van der Waals surface area contributed by atoms with Crippen molar-refractivity contribution in [3.05, 3.63) is 29.8 Å². The van der Waals surface area contributed by atoms with Gasteiger partial charge in [-0.05, 0) is 44.0 Å². The Morgan fingerprint density at radius 1 is 1.30 bits per heavy atom. The Balaban J connectivity index is 2.49. The average molecular weight is 279 g/mol. The summed E-state index contributed by atoms with van der Waals surface area (Å²) >= 11 is 0. The monoisotopic (exact) mass is 279 g/mol. The molecule has 5 heteroatoms. The van der Waals surface area contributed by atoms with E-state index in [0.29, 0.717) is 18.6 Å². The minimum absolute atomic E-state index is 0.0593. The molecule has 0 aliphatic rings. The quantitative estimate of drug-likeness (QED) is 0.716. The van der Waals surface area contributed by atoms with Crippen molar-refractivity contribution in [1.29, 1.82) is 0 Å². The third-order valence-electron chi connectivity index (χ3n) is 2.76. The van der Waals surface area contributed by atoms with E-state index in [4.69, 9.17) is 9.84 Å². The number of rotatable bonds is 8. The molecule has 0 aliphatic heterocycles. The lowest BCUT2D eigenvalue weighted by molar-refractivity contribution is -0.137. The molecule has 0 heterocycles. The van der Waals surface area contributed by atoms with Crippen LogP contribution in [-0.2, 0) is 9.53 Å². The second-order valence-electron chi connectivity index (χ2n) is 4.69. The fourth-order valence-electron chi connectivity index (χ4n) is 1.68. The van der Waals surface area contributed by atoms with Crippen LogP contribution in [0.1, 0.15) is 43.5 Å². The number of ether oxygens (including phenoxy) is 1. The van der Waals surface area contributed by atoms with Gasteiger partial charge in [0, 0.05) is 18.2 Å². The van der Waals surface area contributed by atoms with Crippen LogP contribution in [0.4, 0.5) is 5.69 Å². The van der Waals surface area contributed by atoms with Crippen LogP contribution in [0, 0.1) is 0 Å². The van der Waals surface area contributed by atoms with E-state index in [0.717, 1.165) is 12.1 Å². The lowest BCUT2D eigenvalue weighted by Gasteiger charge is -2.14. The molecule has 20 heavy (non-hydrogen) atoms. The number of esters is 1. The SMILES string of the molecule is CCCOC(=O)c1ccc(NC(C)CCC(=O)O)cc1. The fourth-order valence-corrected chi connectivity index (χ4v) is 1.68. The first-order valence-corrected chi connectivity index (χ1v) is 6.78. The smallest absolute Gasteiger partial charge is 0.338 e. The molecule has 0 bridgehead atoms. The topological polar surface area (TPSA) is 75.6 Å². The van der Waals surface area contributed by atoms with Crippen molar-refractivity contribution in [3.63, 3.8) is 0 Å². The molecule has 0 saturated heterocycles. The maximum absolute atomic E-state index is 11.6. The number of carboxylic acids is 1. The summed E-state index contributed by atoms with van der Waals surface area (Å²) in [4.78, 5) is 22.1. The maximum Gasteiger partial charge on any atom is 0.338 e. The van der Waals surface area contributed by atoms with E-state index in [1.807, 2.05) is 13.8 Å². The Hall–Kier alpha value is -2.04. The summed E-state index contributed by atoms with van der Waals surface area (Å²) in [6.07, 6.45) is 1.48. The fraction of sp³-hybridized carbons (Fsp3) is 0.467. The number of hydrogen-bond donors (Lipinski definition) is 2. The number of carboxylic acid groups (broad SMARTS) is 1. The van der Waals surface area contributed by atoms with Gasteiger partial charge in [-0.25, -0.2) is 4.79 Å². The molecule has 0 spiro atoms.